The van der Waals surface area contributed by atoms with Crippen LogP contribution in [0.5, 0.6) is 5.75 Å². The van der Waals surface area contributed by atoms with Crippen molar-refractivity contribution >= 4 is 35.6 Å². The van der Waals surface area contributed by atoms with Crippen LogP contribution in [0.4, 0.5) is 4.39 Å². The van der Waals surface area contributed by atoms with Gasteiger partial charge in [0.1, 0.15) is 17.7 Å². The molecule has 0 amide bonds. The summed E-state index contributed by atoms with van der Waals surface area (Å²) in [5.74, 6) is 0.503. The van der Waals surface area contributed by atoms with Crippen LogP contribution in [0.3, 0.4) is 0 Å². The minimum atomic E-state index is -0.427. The van der Waals surface area contributed by atoms with Gasteiger partial charge in [-0.15, -0.1) is 12.4 Å². The number of hydrogen-bond donors (Lipinski definition) is 1. The van der Waals surface area contributed by atoms with Gasteiger partial charge in [0.25, 0.3) is 0 Å². The van der Waals surface area contributed by atoms with Gasteiger partial charge in [-0.25, -0.2) is 4.39 Å². The molecular formula is C16H15Cl3FNO. The molecule has 1 saturated heterocycles. The van der Waals surface area contributed by atoms with Crippen molar-refractivity contribution in [1.82, 2.24) is 5.32 Å². The first-order valence-electron chi connectivity index (χ1n) is 6.72. The van der Waals surface area contributed by atoms with E-state index in [0.29, 0.717) is 16.7 Å². The van der Waals surface area contributed by atoms with E-state index in [1.807, 2.05) is 18.2 Å². The standard InChI is InChI=1S/C16H14Cl2FNO.ClH/c17-12-3-1-2-4-15(12)21-16(11-8-20-9-11)10-5-6-14(19)13(18)7-10;/h1-7,11,16,20H,8-9H2;1H. The first-order chi connectivity index (χ1) is 10.1. The lowest BCUT2D eigenvalue weighted by atomic mass is 9.91. The lowest BCUT2D eigenvalue weighted by Crippen LogP contribution is -2.46. The van der Waals surface area contributed by atoms with Crippen LogP contribution in [0.15, 0.2) is 42.5 Å². The number of ether oxygens (including phenoxy) is 1. The fraction of sp³-hybridized carbons (Fsp3) is 0.250. The number of benzene rings is 2. The molecule has 2 aromatic rings. The number of halogens is 4. The molecule has 1 heterocycles. The minimum Gasteiger partial charge on any atom is -0.484 e. The lowest BCUT2D eigenvalue weighted by Gasteiger charge is -2.35. The van der Waals surface area contributed by atoms with E-state index in [0.717, 1.165) is 18.7 Å². The van der Waals surface area contributed by atoms with Crippen molar-refractivity contribution in [1.29, 1.82) is 0 Å². The van der Waals surface area contributed by atoms with Gasteiger partial charge in [0.2, 0.25) is 0 Å². The molecule has 1 unspecified atom stereocenters. The van der Waals surface area contributed by atoms with Crippen LogP contribution in [-0.4, -0.2) is 13.1 Å². The van der Waals surface area contributed by atoms with Crippen LogP contribution in [0.2, 0.25) is 10.0 Å². The maximum atomic E-state index is 13.3. The molecular weight excluding hydrogens is 348 g/mol. The summed E-state index contributed by atoms with van der Waals surface area (Å²) in [7, 11) is 0. The molecule has 0 spiro atoms. The highest BCUT2D eigenvalue weighted by molar-refractivity contribution is 6.32. The highest BCUT2D eigenvalue weighted by atomic mass is 35.5. The van der Waals surface area contributed by atoms with Gasteiger partial charge in [0.05, 0.1) is 10.0 Å². The van der Waals surface area contributed by atoms with E-state index in [-0.39, 0.29) is 23.5 Å². The van der Waals surface area contributed by atoms with Crippen molar-refractivity contribution in [2.75, 3.05) is 13.1 Å². The second-order valence-corrected chi connectivity index (χ2v) is 5.88. The first-order valence-corrected chi connectivity index (χ1v) is 7.47. The monoisotopic (exact) mass is 361 g/mol. The predicted molar refractivity (Wildman–Crippen MR) is 89.8 cm³/mol. The number of nitrogens with one attached hydrogen (secondary N) is 1. The Morgan fingerprint density at radius 3 is 2.41 bits per heavy atom. The average molecular weight is 363 g/mol. The van der Waals surface area contributed by atoms with E-state index < -0.39 is 5.82 Å². The average Bonchev–Trinajstić information content (AvgIpc) is 2.41. The molecule has 1 aliphatic rings. The summed E-state index contributed by atoms with van der Waals surface area (Å²) in [6.45, 7) is 1.70. The first kappa shape index (κ1) is 17.4. The Balaban J connectivity index is 0.00000176. The molecule has 0 saturated carbocycles. The second-order valence-electron chi connectivity index (χ2n) is 5.06. The Bertz CT molecular complexity index is 649. The summed E-state index contributed by atoms with van der Waals surface area (Å²) in [5.41, 5.74) is 0.854. The number of rotatable bonds is 4. The zero-order valence-electron chi connectivity index (χ0n) is 11.6. The number of para-hydroxylation sites is 1. The topological polar surface area (TPSA) is 21.3 Å². The van der Waals surface area contributed by atoms with Crippen molar-refractivity contribution < 1.29 is 9.13 Å². The molecule has 1 N–H and O–H groups in total. The normalized spacial score (nSPS) is 15.6. The minimum absolute atomic E-state index is 0. The molecule has 0 aromatic heterocycles. The molecule has 1 aliphatic heterocycles. The van der Waals surface area contributed by atoms with Crippen LogP contribution in [0.1, 0.15) is 11.7 Å². The lowest BCUT2D eigenvalue weighted by molar-refractivity contribution is 0.0993. The third kappa shape index (κ3) is 3.66. The Morgan fingerprint density at radius 1 is 1.09 bits per heavy atom. The van der Waals surface area contributed by atoms with Gasteiger partial charge in [0.15, 0.2) is 0 Å². The van der Waals surface area contributed by atoms with Crippen LogP contribution in [0.25, 0.3) is 0 Å². The molecule has 3 rings (SSSR count). The third-order valence-electron chi connectivity index (χ3n) is 3.60. The molecule has 0 radical (unpaired) electrons. The molecule has 0 aliphatic carbocycles. The van der Waals surface area contributed by atoms with Gasteiger partial charge in [-0.2, -0.15) is 0 Å². The van der Waals surface area contributed by atoms with Gasteiger partial charge in [-0.3, -0.25) is 0 Å². The SMILES string of the molecule is Cl.Fc1ccc(C(Oc2ccccc2Cl)C2CNC2)cc1Cl. The van der Waals surface area contributed by atoms with Crippen molar-refractivity contribution in [3.05, 3.63) is 63.9 Å². The summed E-state index contributed by atoms with van der Waals surface area (Å²) in [6.07, 6.45) is -0.204. The van der Waals surface area contributed by atoms with E-state index in [1.165, 1.54) is 6.07 Å². The molecule has 0 bridgehead atoms. The van der Waals surface area contributed by atoms with Crippen LogP contribution in [-0.2, 0) is 0 Å². The zero-order chi connectivity index (χ0) is 14.8. The van der Waals surface area contributed by atoms with Crippen LogP contribution < -0.4 is 10.1 Å². The third-order valence-corrected chi connectivity index (χ3v) is 4.21. The molecule has 2 aromatic carbocycles. The van der Waals surface area contributed by atoms with E-state index in [4.69, 9.17) is 27.9 Å². The maximum Gasteiger partial charge on any atom is 0.141 e. The molecule has 2 nitrogen and oxygen atoms in total. The summed E-state index contributed by atoms with van der Waals surface area (Å²) >= 11 is 12.0. The fourth-order valence-electron chi connectivity index (χ4n) is 2.33. The van der Waals surface area contributed by atoms with Gasteiger partial charge in [-0.05, 0) is 29.8 Å². The molecule has 1 atom stereocenters. The van der Waals surface area contributed by atoms with Gasteiger partial charge in [-0.1, -0.05) is 41.4 Å². The van der Waals surface area contributed by atoms with Gasteiger partial charge < -0.3 is 10.1 Å². The van der Waals surface area contributed by atoms with Crippen molar-refractivity contribution in [3.8, 4) is 5.75 Å². The number of hydrogen-bond acceptors (Lipinski definition) is 2. The van der Waals surface area contributed by atoms with E-state index in [1.54, 1.807) is 18.2 Å². The van der Waals surface area contributed by atoms with Crippen molar-refractivity contribution in [2.45, 2.75) is 6.10 Å². The van der Waals surface area contributed by atoms with Crippen LogP contribution >= 0.6 is 35.6 Å². The van der Waals surface area contributed by atoms with E-state index >= 15 is 0 Å². The van der Waals surface area contributed by atoms with Crippen molar-refractivity contribution in [3.63, 3.8) is 0 Å². The highest BCUT2D eigenvalue weighted by Crippen LogP contribution is 2.35. The smallest absolute Gasteiger partial charge is 0.141 e. The Kier molecular flexibility index (Phi) is 5.93. The Labute approximate surface area is 145 Å². The molecule has 6 heteroatoms. The summed E-state index contributed by atoms with van der Waals surface area (Å²) in [5, 5.41) is 3.88. The zero-order valence-corrected chi connectivity index (χ0v) is 13.9. The van der Waals surface area contributed by atoms with E-state index in [9.17, 15) is 4.39 Å². The largest absolute Gasteiger partial charge is 0.484 e. The molecule has 22 heavy (non-hydrogen) atoms. The Morgan fingerprint density at radius 2 is 1.82 bits per heavy atom. The summed E-state index contributed by atoms with van der Waals surface area (Å²) in [4.78, 5) is 0. The molecule has 1 fully saturated rings. The van der Waals surface area contributed by atoms with E-state index in [2.05, 4.69) is 5.32 Å². The predicted octanol–water partition coefficient (Wildman–Crippen LogP) is 4.89. The Hall–Kier alpha value is -1.000. The second kappa shape index (κ2) is 7.51. The van der Waals surface area contributed by atoms with Crippen LogP contribution in [0, 0.1) is 11.7 Å². The molecule has 118 valence electrons. The highest BCUT2D eigenvalue weighted by Gasteiger charge is 2.31. The summed E-state index contributed by atoms with van der Waals surface area (Å²) < 4.78 is 19.4. The fourth-order valence-corrected chi connectivity index (χ4v) is 2.70. The maximum absolute atomic E-state index is 13.3. The quantitative estimate of drug-likeness (QED) is 0.836. The van der Waals surface area contributed by atoms with Gasteiger partial charge in [0, 0.05) is 19.0 Å². The van der Waals surface area contributed by atoms with Gasteiger partial charge >= 0.3 is 0 Å². The van der Waals surface area contributed by atoms with Crippen molar-refractivity contribution in [2.24, 2.45) is 5.92 Å². The summed E-state index contributed by atoms with van der Waals surface area (Å²) in [6, 6.07) is 12.0.